The average molecular weight is 374 g/mol. The molecular weight excluding hydrogens is 349 g/mol. The molecule has 0 spiro atoms. The first-order valence-electron chi connectivity index (χ1n) is 8.70. The van der Waals surface area contributed by atoms with Gasteiger partial charge in [0.2, 0.25) is 0 Å². The van der Waals surface area contributed by atoms with Gasteiger partial charge in [-0.05, 0) is 25.0 Å². The second-order valence-electron chi connectivity index (χ2n) is 7.28. The van der Waals surface area contributed by atoms with Gasteiger partial charge in [0.25, 0.3) is 0 Å². The fourth-order valence-corrected chi connectivity index (χ4v) is 3.78. The largest absolute Gasteiger partial charge is 0.490 e. The highest BCUT2D eigenvalue weighted by Gasteiger charge is 2.38. The van der Waals surface area contributed by atoms with Crippen LogP contribution in [0.5, 0.6) is 5.75 Å². The predicted octanol–water partition coefficient (Wildman–Crippen LogP) is 2.23. The quantitative estimate of drug-likeness (QED) is 0.828. The zero-order valence-corrected chi connectivity index (χ0v) is 15.0. The van der Waals surface area contributed by atoms with E-state index >= 15 is 0 Å². The molecule has 1 aromatic carbocycles. The SMILES string of the molecule is OC1(CN2CCOCC(O)(COc3ccc(F)c(Cl)c3)C2)CCCC1. The number of ether oxygens (including phenoxy) is 2. The van der Waals surface area contributed by atoms with E-state index in [4.69, 9.17) is 21.1 Å². The number of nitrogens with zero attached hydrogens (tertiary/aromatic N) is 1. The number of β-amino-alcohol motifs (C(OH)–C–C–N with tert-alkyl or cyclic N) is 2. The highest BCUT2D eigenvalue weighted by atomic mass is 35.5. The number of rotatable bonds is 5. The van der Waals surface area contributed by atoms with Crippen molar-refractivity contribution in [1.82, 2.24) is 4.90 Å². The maximum Gasteiger partial charge on any atom is 0.142 e. The summed E-state index contributed by atoms with van der Waals surface area (Å²) in [4.78, 5) is 2.04. The first-order valence-corrected chi connectivity index (χ1v) is 9.08. The van der Waals surface area contributed by atoms with Crippen molar-refractivity contribution in [2.75, 3.05) is 39.5 Å². The minimum Gasteiger partial charge on any atom is -0.490 e. The number of hydrogen-bond donors (Lipinski definition) is 2. The molecule has 1 aliphatic heterocycles. The molecule has 0 amide bonds. The van der Waals surface area contributed by atoms with E-state index in [9.17, 15) is 14.6 Å². The first-order chi connectivity index (χ1) is 11.9. The molecule has 3 rings (SSSR count). The van der Waals surface area contributed by atoms with Crippen molar-refractivity contribution in [2.24, 2.45) is 0 Å². The Morgan fingerprint density at radius 2 is 2.00 bits per heavy atom. The summed E-state index contributed by atoms with van der Waals surface area (Å²) in [5.41, 5.74) is -1.87. The summed E-state index contributed by atoms with van der Waals surface area (Å²) in [6.45, 7) is 2.19. The first kappa shape index (κ1) is 18.9. The summed E-state index contributed by atoms with van der Waals surface area (Å²) in [7, 11) is 0. The molecule has 7 heteroatoms. The molecule has 0 aromatic heterocycles. The molecule has 1 heterocycles. The van der Waals surface area contributed by atoms with Crippen molar-refractivity contribution >= 4 is 11.6 Å². The van der Waals surface area contributed by atoms with E-state index < -0.39 is 17.0 Å². The molecule has 2 aliphatic rings. The third kappa shape index (κ3) is 5.05. The molecule has 1 atom stereocenters. The molecule has 140 valence electrons. The van der Waals surface area contributed by atoms with Gasteiger partial charge in [-0.25, -0.2) is 4.39 Å². The van der Waals surface area contributed by atoms with Crippen molar-refractivity contribution in [1.29, 1.82) is 0 Å². The Kier molecular flexibility index (Phi) is 5.85. The molecule has 0 radical (unpaired) electrons. The van der Waals surface area contributed by atoms with Crippen molar-refractivity contribution in [2.45, 2.75) is 36.9 Å². The Balaban J connectivity index is 1.61. The van der Waals surface area contributed by atoms with Crippen LogP contribution in [0.1, 0.15) is 25.7 Å². The Morgan fingerprint density at radius 1 is 1.24 bits per heavy atom. The Morgan fingerprint density at radius 3 is 2.72 bits per heavy atom. The third-order valence-corrected chi connectivity index (χ3v) is 5.18. The van der Waals surface area contributed by atoms with Gasteiger partial charge in [0.05, 0.1) is 23.8 Å². The summed E-state index contributed by atoms with van der Waals surface area (Å²) in [5, 5.41) is 21.5. The molecule has 1 unspecified atom stereocenters. The van der Waals surface area contributed by atoms with Crippen molar-refractivity contribution in [3.05, 3.63) is 29.0 Å². The number of benzene rings is 1. The van der Waals surface area contributed by atoms with Crippen LogP contribution in [0.3, 0.4) is 0 Å². The van der Waals surface area contributed by atoms with Crippen molar-refractivity contribution in [3.8, 4) is 5.75 Å². The zero-order valence-electron chi connectivity index (χ0n) is 14.2. The van der Waals surface area contributed by atoms with Gasteiger partial charge >= 0.3 is 0 Å². The molecule has 0 bridgehead atoms. The molecular formula is C18H25ClFNO4. The van der Waals surface area contributed by atoms with Gasteiger partial charge in [0, 0.05) is 25.7 Å². The van der Waals surface area contributed by atoms with Gasteiger partial charge in [-0.15, -0.1) is 0 Å². The molecule has 2 N–H and O–H groups in total. The third-order valence-electron chi connectivity index (χ3n) is 4.89. The molecule has 1 aromatic rings. The molecule has 2 fully saturated rings. The zero-order chi connectivity index (χ0) is 17.9. The topological polar surface area (TPSA) is 62.2 Å². The number of halogens is 2. The van der Waals surface area contributed by atoms with E-state index in [2.05, 4.69) is 0 Å². The summed E-state index contributed by atoms with van der Waals surface area (Å²) in [5.74, 6) is -0.119. The fraction of sp³-hybridized carbons (Fsp3) is 0.667. The number of aliphatic hydroxyl groups is 2. The van der Waals surface area contributed by atoms with Crippen LogP contribution in [-0.2, 0) is 4.74 Å². The van der Waals surface area contributed by atoms with E-state index in [0.29, 0.717) is 32.0 Å². The summed E-state index contributed by atoms with van der Waals surface area (Å²) >= 11 is 5.75. The van der Waals surface area contributed by atoms with Gasteiger partial charge in [0.1, 0.15) is 23.8 Å². The van der Waals surface area contributed by atoms with E-state index in [1.807, 2.05) is 4.90 Å². The van der Waals surface area contributed by atoms with Crippen LogP contribution in [0.4, 0.5) is 4.39 Å². The Labute approximate surface area is 152 Å². The van der Waals surface area contributed by atoms with Gasteiger partial charge in [-0.2, -0.15) is 0 Å². The van der Waals surface area contributed by atoms with Crippen molar-refractivity contribution < 1.29 is 24.1 Å². The van der Waals surface area contributed by atoms with E-state index in [1.165, 1.54) is 18.2 Å². The average Bonchev–Trinajstić information content (AvgIpc) is 2.90. The minimum atomic E-state index is -1.20. The summed E-state index contributed by atoms with van der Waals surface area (Å²) in [6.07, 6.45) is 3.68. The van der Waals surface area contributed by atoms with Crippen LogP contribution in [0.25, 0.3) is 0 Å². The standard InChI is InChI=1S/C18H25ClFNO4/c19-15-9-14(3-4-16(15)20)25-13-18(23)11-21(7-8-24-12-18)10-17(22)5-1-2-6-17/h3-4,9,22-23H,1-2,5-8,10-13H2. The van der Waals surface area contributed by atoms with Gasteiger partial charge in [-0.1, -0.05) is 24.4 Å². The molecule has 25 heavy (non-hydrogen) atoms. The Bertz CT molecular complexity index is 596. The van der Waals surface area contributed by atoms with Gasteiger partial charge < -0.3 is 19.7 Å². The molecule has 1 saturated heterocycles. The van der Waals surface area contributed by atoms with E-state index in [-0.39, 0.29) is 18.2 Å². The van der Waals surface area contributed by atoms with Crippen LogP contribution in [0.2, 0.25) is 5.02 Å². The highest BCUT2D eigenvalue weighted by molar-refractivity contribution is 6.30. The predicted molar refractivity (Wildman–Crippen MR) is 92.5 cm³/mol. The molecule has 1 aliphatic carbocycles. The smallest absolute Gasteiger partial charge is 0.142 e. The monoisotopic (exact) mass is 373 g/mol. The summed E-state index contributed by atoms with van der Waals surface area (Å²) < 4.78 is 24.4. The Hall–Kier alpha value is -0.920. The lowest BCUT2D eigenvalue weighted by molar-refractivity contribution is -0.0712. The normalized spacial score (nSPS) is 27.2. The highest BCUT2D eigenvalue weighted by Crippen LogP contribution is 2.31. The van der Waals surface area contributed by atoms with Crippen LogP contribution < -0.4 is 4.74 Å². The lowest BCUT2D eigenvalue weighted by atomic mass is 10.00. The molecule has 5 nitrogen and oxygen atoms in total. The lowest BCUT2D eigenvalue weighted by Crippen LogP contribution is -2.52. The maximum absolute atomic E-state index is 13.2. The van der Waals surface area contributed by atoms with Crippen LogP contribution in [0, 0.1) is 5.82 Å². The van der Waals surface area contributed by atoms with Gasteiger partial charge in [0.15, 0.2) is 0 Å². The second kappa shape index (κ2) is 7.76. The number of hydrogen-bond acceptors (Lipinski definition) is 5. The van der Waals surface area contributed by atoms with Crippen LogP contribution in [-0.4, -0.2) is 65.8 Å². The molecule has 1 saturated carbocycles. The minimum absolute atomic E-state index is 0.00386. The van der Waals surface area contributed by atoms with Crippen LogP contribution in [0.15, 0.2) is 18.2 Å². The second-order valence-corrected chi connectivity index (χ2v) is 7.69. The lowest BCUT2D eigenvalue weighted by Gasteiger charge is -2.34. The van der Waals surface area contributed by atoms with Crippen LogP contribution >= 0.6 is 11.6 Å². The van der Waals surface area contributed by atoms with Crippen molar-refractivity contribution in [3.63, 3.8) is 0 Å². The maximum atomic E-state index is 13.2. The fourth-order valence-electron chi connectivity index (χ4n) is 3.61. The van der Waals surface area contributed by atoms with Gasteiger partial charge in [-0.3, -0.25) is 4.90 Å². The van der Waals surface area contributed by atoms with E-state index in [0.717, 1.165) is 25.7 Å². The van der Waals surface area contributed by atoms with E-state index in [1.54, 1.807) is 0 Å². The summed E-state index contributed by atoms with van der Waals surface area (Å²) in [6, 6.07) is 4.09.